The predicted octanol–water partition coefficient (Wildman–Crippen LogP) is 1.14. The molecule has 5 nitrogen and oxygen atoms in total. The molecule has 1 aromatic carbocycles. The van der Waals surface area contributed by atoms with Gasteiger partial charge in [0.05, 0.1) is 13.0 Å². The Morgan fingerprint density at radius 1 is 1.24 bits per heavy atom. The third-order valence-corrected chi connectivity index (χ3v) is 3.67. The number of carboxylic acid groups (broad SMARTS) is 1. The van der Waals surface area contributed by atoms with Gasteiger partial charge in [-0.3, -0.25) is 14.5 Å². The Bertz CT molecular complexity index is 470. The van der Waals surface area contributed by atoms with Crippen LogP contribution in [0.15, 0.2) is 30.3 Å². The lowest BCUT2D eigenvalue weighted by Crippen LogP contribution is -2.51. The van der Waals surface area contributed by atoms with Crippen LogP contribution < -0.4 is 5.32 Å². The number of nitrogens with one attached hydrogen (secondary N) is 1. The number of benzene rings is 1. The molecule has 0 saturated carbocycles. The predicted molar refractivity (Wildman–Crippen MR) is 80.0 cm³/mol. The number of carbonyl (C=O) groups is 2. The first kappa shape index (κ1) is 15.5. The number of carbonyl (C=O) groups excluding carboxylic acids is 1. The van der Waals surface area contributed by atoms with Crippen molar-refractivity contribution in [2.24, 2.45) is 5.92 Å². The molecule has 1 saturated heterocycles. The smallest absolute Gasteiger partial charge is 0.303 e. The molecule has 0 aliphatic carbocycles. The first-order valence-electron chi connectivity index (χ1n) is 7.38. The molecule has 1 aromatic rings. The van der Waals surface area contributed by atoms with Gasteiger partial charge >= 0.3 is 5.97 Å². The van der Waals surface area contributed by atoms with Crippen molar-refractivity contribution in [2.45, 2.75) is 19.3 Å². The van der Waals surface area contributed by atoms with E-state index in [0.29, 0.717) is 26.2 Å². The van der Waals surface area contributed by atoms with Crippen LogP contribution in [0.1, 0.15) is 18.4 Å². The number of aryl methyl sites for hydroxylation is 1. The van der Waals surface area contributed by atoms with Gasteiger partial charge in [-0.15, -0.1) is 0 Å². The quantitative estimate of drug-likeness (QED) is 0.705. The molecule has 21 heavy (non-hydrogen) atoms. The van der Waals surface area contributed by atoms with Gasteiger partial charge in [0.1, 0.15) is 0 Å². The molecule has 114 valence electrons. The Kier molecular flexibility index (Phi) is 5.75. The summed E-state index contributed by atoms with van der Waals surface area (Å²) in [7, 11) is 0. The molecule has 0 bridgehead atoms. The molecular weight excluding hydrogens is 268 g/mol. The lowest BCUT2D eigenvalue weighted by molar-refractivity contribution is -0.139. The molecule has 2 N–H and O–H groups in total. The summed E-state index contributed by atoms with van der Waals surface area (Å²) < 4.78 is 0. The van der Waals surface area contributed by atoms with Crippen LogP contribution in [-0.4, -0.2) is 48.1 Å². The highest BCUT2D eigenvalue weighted by Gasteiger charge is 2.29. The highest BCUT2D eigenvalue weighted by atomic mass is 16.4. The first-order chi connectivity index (χ1) is 10.1. The van der Waals surface area contributed by atoms with Crippen LogP contribution in [0.2, 0.25) is 0 Å². The van der Waals surface area contributed by atoms with Crippen molar-refractivity contribution in [3.63, 3.8) is 0 Å². The average Bonchev–Trinajstić information content (AvgIpc) is 2.42. The topological polar surface area (TPSA) is 69.6 Å². The fraction of sp³-hybridized carbons (Fsp3) is 0.500. The van der Waals surface area contributed by atoms with Crippen molar-refractivity contribution < 1.29 is 14.7 Å². The van der Waals surface area contributed by atoms with Crippen molar-refractivity contribution in [3.05, 3.63) is 35.9 Å². The van der Waals surface area contributed by atoms with E-state index in [4.69, 9.17) is 5.11 Å². The second kappa shape index (κ2) is 7.78. The van der Waals surface area contributed by atoms with Crippen molar-refractivity contribution in [1.29, 1.82) is 0 Å². The van der Waals surface area contributed by atoms with Crippen molar-refractivity contribution in [3.8, 4) is 0 Å². The number of carboxylic acids is 1. The van der Waals surface area contributed by atoms with Gasteiger partial charge in [-0.1, -0.05) is 30.3 Å². The number of aliphatic carboxylic acids is 1. The van der Waals surface area contributed by atoms with Crippen LogP contribution in [0.4, 0.5) is 0 Å². The maximum absolute atomic E-state index is 11.7. The number of amides is 1. The van der Waals surface area contributed by atoms with Crippen LogP contribution in [0.25, 0.3) is 0 Å². The van der Waals surface area contributed by atoms with E-state index in [1.165, 1.54) is 5.56 Å². The molecular formula is C16H22N2O3. The van der Waals surface area contributed by atoms with E-state index in [1.807, 2.05) is 23.1 Å². The Morgan fingerprint density at radius 2 is 1.95 bits per heavy atom. The van der Waals surface area contributed by atoms with Crippen LogP contribution in [-0.2, 0) is 16.0 Å². The summed E-state index contributed by atoms with van der Waals surface area (Å²) in [6.45, 7) is 2.48. The van der Waals surface area contributed by atoms with E-state index in [0.717, 1.165) is 12.8 Å². The molecule has 1 fully saturated rings. The lowest BCUT2D eigenvalue weighted by atomic mass is 9.96. The molecule has 1 amide bonds. The van der Waals surface area contributed by atoms with Crippen molar-refractivity contribution >= 4 is 11.9 Å². The Balaban J connectivity index is 1.52. The Hall–Kier alpha value is -1.88. The minimum Gasteiger partial charge on any atom is -0.481 e. The Morgan fingerprint density at radius 3 is 2.62 bits per heavy atom. The molecule has 0 aromatic heterocycles. The van der Waals surface area contributed by atoms with Gasteiger partial charge in [0.2, 0.25) is 5.91 Å². The lowest BCUT2D eigenvalue weighted by Gasteiger charge is -2.37. The fourth-order valence-corrected chi connectivity index (χ4v) is 2.61. The molecule has 2 rings (SSSR count). The fourth-order valence-electron chi connectivity index (χ4n) is 2.61. The number of hydrogen-bond acceptors (Lipinski definition) is 3. The SMILES string of the molecule is O=C(O)CC1CN(CC(=O)NCCCc2ccccc2)C1. The third kappa shape index (κ3) is 5.55. The summed E-state index contributed by atoms with van der Waals surface area (Å²) in [5.41, 5.74) is 1.28. The molecule has 0 atom stereocenters. The van der Waals surface area contributed by atoms with Gasteiger partial charge < -0.3 is 10.4 Å². The van der Waals surface area contributed by atoms with Crippen LogP contribution in [0.5, 0.6) is 0 Å². The molecule has 1 aliphatic rings. The van der Waals surface area contributed by atoms with Crippen LogP contribution in [0, 0.1) is 5.92 Å². The van der Waals surface area contributed by atoms with E-state index in [1.54, 1.807) is 0 Å². The number of rotatable bonds is 8. The summed E-state index contributed by atoms with van der Waals surface area (Å²) in [6.07, 6.45) is 2.10. The summed E-state index contributed by atoms with van der Waals surface area (Å²) in [4.78, 5) is 24.2. The number of nitrogens with zero attached hydrogens (tertiary/aromatic N) is 1. The van der Waals surface area contributed by atoms with Crippen molar-refractivity contribution in [2.75, 3.05) is 26.2 Å². The molecule has 5 heteroatoms. The minimum atomic E-state index is -0.759. The van der Waals surface area contributed by atoms with Gasteiger partial charge in [0.25, 0.3) is 0 Å². The zero-order chi connectivity index (χ0) is 15.1. The summed E-state index contributed by atoms with van der Waals surface area (Å²) in [5.74, 6) is -0.532. The van der Waals surface area contributed by atoms with Gasteiger partial charge in [-0.05, 0) is 24.3 Å². The summed E-state index contributed by atoms with van der Waals surface area (Å²) in [6, 6.07) is 10.2. The van der Waals surface area contributed by atoms with Gasteiger partial charge in [0.15, 0.2) is 0 Å². The second-order valence-electron chi connectivity index (χ2n) is 5.60. The maximum atomic E-state index is 11.7. The highest BCUT2D eigenvalue weighted by molar-refractivity contribution is 5.78. The summed E-state index contributed by atoms with van der Waals surface area (Å²) >= 11 is 0. The third-order valence-electron chi connectivity index (χ3n) is 3.67. The first-order valence-corrected chi connectivity index (χ1v) is 7.38. The van der Waals surface area contributed by atoms with E-state index < -0.39 is 5.97 Å². The van der Waals surface area contributed by atoms with Crippen molar-refractivity contribution in [1.82, 2.24) is 10.2 Å². The Labute approximate surface area is 125 Å². The standard InChI is InChI=1S/C16H22N2O3/c19-15(12-18-10-14(11-18)9-16(20)21)17-8-4-7-13-5-2-1-3-6-13/h1-3,5-6,14H,4,7-12H2,(H,17,19)(H,20,21). The van der Waals surface area contributed by atoms with Gasteiger partial charge in [-0.25, -0.2) is 0 Å². The molecule has 0 radical (unpaired) electrons. The summed E-state index contributed by atoms with van der Waals surface area (Å²) in [5, 5.41) is 11.6. The monoisotopic (exact) mass is 290 g/mol. The zero-order valence-corrected chi connectivity index (χ0v) is 12.1. The van der Waals surface area contributed by atoms with Crippen LogP contribution in [0.3, 0.4) is 0 Å². The molecule has 1 heterocycles. The van der Waals surface area contributed by atoms with E-state index in [-0.39, 0.29) is 18.2 Å². The number of likely N-dealkylation sites (tertiary alicyclic amines) is 1. The number of hydrogen-bond donors (Lipinski definition) is 2. The minimum absolute atomic E-state index is 0.0248. The highest BCUT2D eigenvalue weighted by Crippen LogP contribution is 2.18. The largest absolute Gasteiger partial charge is 0.481 e. The van der Waals surface area contributed by atoms with Gasteiger partial charge in [0, 0.05) is 19.6 Å². The second-order valence-corrected chi connectivity index (χ2v) is 5.60. The molecule has 0 unspecified atom stereocenters. The van der Waals surface area contributed by atoms with Gasteiger partial charge in [-0.2, -0.15) is 0 Å². The average molecular weight is 290 g/mol. The van der Waals surface area contributed by atoms with E-state index in [9.17, 15) is 9.59 Å². The normalized spacial score (nSPS) is 15.4. The molecule has 1 aliphatic heterocycles. The van der Waals surface area contributed by atoms with Crippen LogP contribution >= 0.6 is 0 Å². The maximum Gasteiger partial charge on any atom is 0.303 e. The van der Waals surface area contributed by atoms with E-state index in [2.05, 4.69) is 17.4 Å². The molecule has 0 spiro atoms. The van der Waals surface area contributed by atoms with E-state index >= 15 is 0 Å². The zero-order valence-electron chi connectivity index (χ0n) is 12.1.